The van der Waals surface area contributed by atoms with Crippen molar-refractivity contribution < 1.29 is 9.18 Å². The monoisotopic (exact) mass is 365 g/mol. The van der Waals surface area contributed by atoms with Crippen molar-refractivity contribution >= 4 is 5.91 Å². The van der Waals surface area contributed by atoms with E-state index in [0.29, 0.717) is 17.7 Å². The minimum absolute atomic E-state index is 0.181. The number of amides is 1. The van der Waals surface area contributed by atoms with Crippen molar-refractivity contribution in [2.24, 2.45) is 0 Å². The molecule has 2 aromatic carbocycles. The predicted molar refractivity (Wildman–Crippen MR) is 105 cm³/mol. The van der Waals surface area contributed by atoms with E-state index in [2.05, 4.69) is 10.4 Å². The number of aromatic nitrogens is 2. The maximum absolute atomic E-state index is 14.1. The number of nitrogens with one attached hydrogen (secondary N) is 1. The van der Waals surface area contributed by atoms with Crippen molar-refractivity contribution in [2.75, 3.05) is 6.54 Å². The van der Waals surface area contributed by atoms with E-state index in [1.54, 1.807) is 30.3 Å². The molecule has 3 rings (SSSR count). The summed E-state index contributed by atoms with van der Waals surface area (Å²) < 4.78 is 15.9. The molecule has 0 spiro atoms. The van der Waals surface area contributed by atoms with E-state index in [1.165, 1.54) is 6.07 Å². The van der Waals surface area contributed by atoms with E-state index < -0.39 is 5.41 Å². The van der Waals surface area contributed by atoms with E-state index in [-0.39, 0.29) is 11.7 Å². The van der Waals surface area contributed by atoms with Crippen molar-refractivity contribution in [3.63, 3.8) is 0 Å². The van der Waals surface area contributed by atoms with Gasteiger partial charge in [-0.1, -0.05) is 32.0 Å². The van der Waals surface area contributed by atoms with Gasteiger partial charge in [-0.25, -0.2) is 9.07 Å². The minimum Gasteiger partial charge on any atom is -0.351 e. The van der Waals surface area contributed by atoms with Crippen LogP contribution in [0.3, 0.4) is 0 Å². The normalized spacial score (nSPS) is 11.4. The average Bonchev–Trinajstić information content (AvgIpc) is 2.98. The fraction of sp³-hybridized carbons (Fsp3) is 0.273. The lowest BCUT2D eigenvalue weighted by molar-refractivity contribution is 0.0945. The van der Waals surface area contributed by atoms with E-state index >= 15 is 0 Å². The highest BCUT2D eigenvalue weighted by Crippen LogP contribution is 2.25. The highest BCUT2D eigenvalue weighted by Gasteiger charge is 2.24. The first kappa shape index (κ1) is 18.8. The Kier molecular flexibility index (Phi) is 5.13. The molecule has 0 fully saturated rings. The second-order valence-electron chi connectivity index (χ2n) is 7.43. The zero-order chi connectivity index (χ0) is 19.6. The molecule has 4 nitrogen and oxygen atoms in total. The summed E-state index contributed by atoms with van der Waals surface area (Å²) in [5, 5.41) is 7.36. The predicted octanol–water partition coefficient (Wildman–Crippen LogP) is 4.34. The molecule has 0 aliphatic heterocycles. The Morgan fingerprint density at radius 2 is 1.78 bits per heavy atom. The Labute approximate surface area is 159 Å². The van der Waals surface area contributed by atoms with Crippen LogP contribution in [0.5, 0.6) is 0 Å². The fourth-order valence-corrected chi connectivity index (χ4v) is 3.15. The van der Waals surface area contributed by atoms with Gasteiger partial charge in [0.05, 0.1) is 11.4 Å². The van der Waals surface area contributed by atoms with Crippen LogP contribution in [0.25, 0.3) is 5.69 Å². The van der Waals surface area contributed by atoms with Crippen molar-refractivity contribution in [1.29, 1.82) is 0 Å². The minimum atomic E-state index is -0.509. The number of carbonyl (C=O) groups excluding carboxylic acids is 1. The molecule has 1 aromatic heterocycles. The first-order valence-electron chi connectivity index (χ1n) is 8.95. The molecule has 27 heavy (non-hydrogen) atoms. The Morgan fingerprint density at radius 3 is 2.37 bits per heavy atom. The van der Waals surface area contributed by atoms with Crippen molar-refractivity contribution in [3.8, 4) is 5.69 Å². The maximum Gasteiger partial charge on any atom is 0.251 e. The molecule has 0 bridgehead atoms. The summed E-state index contributed by atoms with van der Waals surface area (Å²) in [6, 6.07) is 16.0. The molecule has 5 heteroatoms. The van der Waals surface area contributed by atoms with Crippen molar-refractivity contribution in [3.05, 3.63) is 82.9 Å². The molecular weight excluding hydrogens is 341 g/mol. The number of nitrogens with zero attached hydrogens (tertiary/aromatic N) is 2. The number of carbonyl (C=O) groups is 1. The fourth-order valence-electron chi connectivity index (χ4n) is 3.15. The summed E-state index contributed by atoms with van der Waals surface area (Å²) in [4.78, 5) is 12.5. The van der Waals surface area contributed by atoms with Crippen LogP contribution in [0.2, 0.25) is 0 Å². The average molecular weight is 365 g/mol. The highest BCUT2D eigenvalue weighted by atomic mass is 19.1. The van der Waals surface area contributed by atoms with Gasteiger partial charge >= 0.3 is 0 Å². The van der Waals surface area contributed by atoms with Gasteiger partial charge in [0.25, 0.3) is 5.91 Å². The van der Waals surface area contributed by atoms with Crippen LogP contribution < -0.4 is 5.32 Å². The van der Waals surface area contributed by atoms with E-state index in [4.69, 9.17) is 0 Å². The van der Waals surface area contributed by atoms with Crippen LogP contribution in [-0.4, -0.2) is 22.2 Å². The van der Waals surface area contributed by atoms with Gasteiger partial charge in [0.2, 0.25) is 0 Å². The maximum atomic E-state index is 14.1. The molecule has 0 radical (unpaired) electrons. The Balaban J connectivity index is 1.70. The second kappa shape index (κ2) is 7.35. The Bertz CT molecular complexity index is 958. The molecule has 1 heterocycles. The van der Waals surface area contributed by atoms with Crippen LogP contribution in [0.15, 0.2) is 54.6 Å². The first-order chi connectivity index (χ1) is 12.8. The summed E-state index contributed by atoms with van der Waals surface area (Å²) >= 11 is 0. The molecule has 0 atom stereocenters. The third-order valence-electron chi connectivity index (χ3n) is 4.68. The number of benzene rings is 2. The van der Waals surface area contributed by atoms with Gasteiger partial charge in [-0.3, -0.25) is 4.79 Å². The first-order valence-corrected chi connectivity index (χ1v) is 8.95. The third kappa shape index (κ3) is 4.08. The highest BCUT2D eigenvalue weighted by molar-refractivity contribution is 5.94. The Morgan fingerprint density at radius 1 is 1.11 bits per heavy atom. The van der Waals surface area contributed by atoms with Gasteiger partial charge in [0.1, 0.15) is 5.82 Å². The van der Waals surface area contributed by atoms with E-state index in [1.807, 2.05) is 50.6 Å². The second-order valence-corrected chi connectivity index (χ2v) is 7.43. The van der Waals surface area contributed by atoms with Crippen LogP contribution in [0.4, 0.5) is 4.39 Å². The molecule has 0 unspecified atom stereocenters. The molecule has 140 valence electrons. The quantitative estimate of drug-likeness (QED) is 0.731. The lowest BCUT2D eigenvalue weighted by Gasteiger charge is -2.26. The van der Waals surface area contributed by atoms with Crippen LogP contribution >= 0.6 is 0 Å². The third-order valence-corrected chi connectivity index (χ3v) is 4.68. The zero-order valence-corrected chi connectivity index (χ0v) is 16.1. The van der Waals surface area contributed by atoms with Gasteiger partial charge in [-0.15, -0.1) is 0 Å². The molecule has 1 amide bonds. The number of rotatable bonds is 5. The van der Waals surface area contributed by atoms with Gasteiger partial charge in [-0.2, -0.15) is 5.10 Å². The topological polar surface area (TPSA) is 46.9 Å². The number of halogens is 1. The molecule has 0 aliphatic rings. The molecule has 1 N–H and O–H groups in total. The summed E-state index contributed by atoms with van der Waals surface area (Å²) in [5.74, 6) is -0.440. The van der Waals surface area contributed by atoms with Crippen LogP contribution in [-0.2, 0) is 5.41 Å². The smallest absolute Gasteiger partial charge is 0.251 e. The van der Waals surface area contributed by atoms with Crippen LogP contribution in [0.1, 0.15) is 41.2 Å². The number of hydrogen-bond donors (Lipinski definition) is 1. The molecular formula is C22H24FN3O. The van der Waals surface area contributed by atoms with Crippen LogP contribution in [0, 0.1) is 19.7 Å². The lowest BCUT2D eigenvalue weighted by Crippen LogP contribution is -2.37. The summed E-state index contributed by atoms with van der Waals surface area (Å²) in [6.45, 7) is 8.11. The molecule has 0 aliphatic carbocycles. The standard InChI is InChI=1S/C22H24FN3O/c1-15-13-16(2)26(25-15)18-11-9-17(10-12-18)21(27)24-14-22(3,4)19-7-5-6-8-20(19)23/h5-13H,14H2,1-4H3,(H,24,27). The van der Waals surface area contributed by atoms with E-state index in [0.717, 1.165) is 17.1 Å². The summed E-state index contributed by atoms with van der Waals surface area (Å²) in [6.07, 6.45) is 0. The number of aryl methyl sites for hydroxylation is 2. The van der Waals surface area contributed by atoms with Gasteiger partial charge in [0.15, 0.2) is 0 Å². The van der Waals surface area contributed by atoms with Crippen molar-refractivity contribution in [2.45, 2.75) is 33.1 Å². The molecule has 0 saturated carbocycles. The summed E-state index contributed by atoms with van der Waals surface area (Å²) in [5.41, 5.74) is 3.53. The van der Waals surface area contributed by atoms with Gasteiger partial charge in [-0.05, 0) is 55.8 Å². The molecule has 0 saturated heterocycles. The molecule has 3 aromatic rings. The number of hydrogen-bond acceptors (Lipinski definition) is 2. The largest absolute Gasteiger partial charge is 0.351 e. The van der Waals surface area contributed by atoms with Crippen molar-refractivity contribution in [1.82, 2.24) is 15.1 Å². The Hall–Kier alpha value is -2.95. The van der Waals surface area contributed by atoms with E-state index in [9.17, 15) is 9.18 Å². The SMILES string of the molecule is Cc1cc(C)n(-c2ccc(C(=O)NCC(C)(C)c3ccccc3F)cc2)n1. The summed E-state index contributed by atoms with van der Waals surface area (Å²) in [7, 11) is 0. The van der Waals surface area contributed by atoms with Gasteiger partial charge in [0, 0.05) is 23.2 Å². The lowest BCUT2D eigenvalue weighted by atomic mass is 9.84. The van der Waals surface area contributed by atoms with Gasteiger partial charge < -0.3 is 5.32 Å². The zero-order valence-electron chi connectivity index (χ0n) is 16.1.